The normalized spacial score (nSPS) is 42.5. The number of nitrogens with two attached hydrogens (primary N) is 2. The SMILES string of the molecule is NC1=NC(N)(F)N=C2C1=NCN2[C@@H]1O[C@H](CO)[C@@H](O)[C@H]1F. The number of hydrogen-bond acceptors (Lipinski definition) is 9. The molecule has 3 rings (SSSR count). The van der Waals surface area contributed by atoms with Crippen molar-refractivity contribution >= 4 is 17.4 Å². The number of aliphatic hydroxyl groups is 2. The summed E-state index contributed by atoms with van der Waals surface area (Å²) >= 11 is 0. The summed E-state index contributed by atoms with van der Waals surface area (Å²) in [6.45, 7) is -0.657. The molecule has 1 saturated heterocycles. The highest BCUT2D eigenvalue weighted by Crippen LogP contribution is 2.30. The molecule has 3 aliphatic rings. The minimum atomic E-state index is -2.76. The third-order valence-electron chi connectivity index (χ3n) is 3.43. The number of ether oxygens (including phenoxy) is 1. The Kier molecular flexibility index (Phi) is 3.16. The number of nitrogens with zero attached hydrogens (tertiary/aromatic N) is 4. The topological polar surface area (TPSA) is 142 Å². The van der Waals surface area contributed by atoms with Gasteiger partial charge in [0.15, 0.2) is 24.1 Å². The van der Waals surface area contributed by atoms with Crippen molar-refractivity contribution in [3.05, 3.63) is 0 Å². The molecule has 0 aromatic carbocycles. The Labute approximate surface area is 117 Å². The van der Waals surface area contributed by atoms with Gasteiger partial charge in [-0.2, -0.15) is 14.4 Å². The van der Waals surface area contributed by atoms with E-state index >= 15 is 0 Å². The molecule has 1 unspecified atom stereocenters. The Morgan fingerprint density at radius 2 is 2.19 bits per heavy atom. The number of aliphatic hydroxyl groups excluding tert-OH is 2. The maximum absolute atomic E-state index is 14.1. The molecule has 9 nitrogen and oxygen atoms in total. The standard InChI is InChI=1S/C10H14F2N6O3/c11-4-6(20)3(1-19)21-9(4)18-2-15-5-7(13)16-10(12,14)17-8(5)18/h3-4,6,9,19-20H,1-2,14H2,(H2,13,16)/t3-,4-,6-,9-,10?/m1/s1. The van der Waals surface area contributed by atoms with E-state index in [0.29, 0.717) is 0 Å². The van der Waals surface area contributed by atoms with Crippen LogP contribution in [0.3, 0.4) is 0 Å². The lowest BCUT2D eigenvalue weighted by atomic mass is 10.1. The van der Waals surface area contributed by atoms with Crippen LogP contribution >= 0.6 is 0 Å². The van der Waals surface area contributed by atoms with Crippen molar-refractivity contribution in [3.8, 4) is 0 Å². The third kappa shape index (κ3) is 2.18. The average Bonchev–Trinajstić information content (AvgIpc) is 2.92. The van der Waals surface area contributed by atoms with Gasteiger partial charge < -0.3 is 25.6 Å². The molecule has 0 aromatic rings. The van der Waals surface area contributed by atoms with Crippen molar-refractivity contribution in [3.63, 3.8) is 0 Å². The molecular weight excluding hydrogens is 290 g/mol. The fourth-order valence-electron chi connectivity index (χ4n) is 2.43. The molecule has 3 aliphatic heterocycles. The van der Waals surface area contributed by atoms with Crippen LogP contribution in [-0.2, 0) is 4.74 Å². The van der Waals surface area contributed by atoms with Crippen LogP contribution in [0.2, 0.25) is 0 Å². The van der Waals surface area contributed by atoms with Crippen LogP contribution in [0.15, 0.2) is 15.0 Å². The van der Waals surface area contributed by atoms with Crippen LogP contribution in [0.4, 0.5) is 8.78 Å². The lowest BCUT2D eigenvalue weighted by Gasteiger charge is -2.29. The highest BCUT2D eigenvalue weighted by Gasteiger charge is 2.50. The minimum Gasteiger partial charge on any atom is -0.394 e. The summed E-state index contributed by atoms with van der Waals surface area (Å²) < 4.78 is 33.1. The molecule has 0 saturated carbocycles. The van der Waals surface area contributed by atoms with Gasteiger partial charge in [0.2, 0.25) is 0 Å². The summed E-state index contributed by atoms with van der Waals surface area (Å²) in [6.07, 6.45) is -5.70. The van der Waals surface area contributed by atoms with Crippen LogP contribution in [-0.4, -0.2) is 76.4 Å². The van der Waals surface area contributed by atoms with Crippen LogP contribution in [0.5, 0.6) is 0 Å². The fourth-order valence-corrected chi connectivity index (χ4v) is 2.43. The molecule has 21 heavy (non-hydrogen) atoms. The molecule has 0 radical (unpaired) electrons. The Bertz CT molecular complexity index is 551. The second-order valence-electron chi connectivity index (χ2n) is 4.87. The lowest BCUT2D eigenvalue weighted by Crippen LogP contribution is -2.51. The number of hydrogen-bond donors (Lipinski definition) is 4. The second-order valence-corrected chi connectivity index (χ2v) is 4.87. The monoisotopic (exact) mass is 304 g/mol. The molecule has 11 heteroatoms. The third-order valence-corrected chi connectivity index (χ3v) is 3.43. The summed E-state index contributed by atoms with van der Waals surface area (Å²) in [4.78, 5) is 12.0. The molecule has 0 aromatic heterocycles. The first kappa shape index (κ1) is 14.3. The maximum Gasteiger partial charge on any atom is 0.358 e. The first-order valence-electron chi connectivity index (χ1n) is 6.17. The van der Waals surface area contributed by atoms with Gasteiger partial charge in [-0.15, -0.1) is 0 Å². The van der Waals surface area contributed by atoms with E-state index in [1.807, 2.05) is 0 Å². The second kappa shape index (κ2) is 4.66. The smallest absolute Gasteiger partial charge is 0.358 e. The van der Waals surface area contributed by atoms with Crippen LogP contribution < -0.4 is 11.5 Å². The van der Waals surface area contributed by atoms with E-state index in [2.05, 4.69) is 15.0 Å². The molecule has 1 fully saturated rings. The number of alkyl halides is 2. The van der Waals surface area contributed by atoms with Gasteiger partial charge in [0.05, 0.1) is 6.61 Å². The summed E-state index contributed by atoms with van der Waals surface area (Å²) in [5.41, 5.74) is 10.8. The number of halogens is 2. The van der Waals surface area contributed by atoms with E-state index in [0.717, 1.165) is 0 Å². The van der Waals surface area contributed by atoms with Gasteiger partial charge in [0.25, 0.3) is 0 Å². The van der Waals surface area contributed by atoms with E-state index in [-0.39, 0.29) is 24.1 Å². The van der Waals surface area contributed by atoms with Gasteiger partial charge >= 0.3 is 6.04 Å². The summed E-state index contributed by atoms with van der Waals surface area (Å²) in [6, 6.07) is -2.76. The Morgan fingerprint density at radius 3 is 2.81 bits per heavy atom. The van der Waals surface area contributed by atoms with Gasteiger partial charge in [-0.25, -0.2) is 4.39 Å². The number of amidine groups is 2. The summed E-state index contributed by atoms with van der Waals surface area (Å²) in [5.74, 6) is -0.342. The predicted molar refractivity (Wildman–Crippen MR) is 67.9 cm³/mol. The van der Waals surface area contributed by atoms with E-state index in [1.165, 1.54) is 4.90 Å². The fraction of sp³-hybridized carbons (Fsp3) is 0.700. The predicted octanol–water partition coefficient (Wildman–Crippen LogP) is -2.57. The van der Waals surface area contributed by atoms with Gasteiger partial charge in [0.1, 0.15) is 24.6 Å². The summed E-state index contributed by atoms with van der Waals surface area (Å²) in [5, 5.41) is 18.7. The van der Waals surface area contributed by atoms with Gasteiger partial charge in [-0.3, -0.25) is 10.7 Å². The first-order valence-corrected chi connectivity index (χ1v) is 6.17. The molecule has 116 valence electrons. The van der Waals surface area contributed by atoms with Crippen molar-refractivity contribution in [2.24, 2.45) is 26.4 Å². The van der Waals surface area contributed by atoms with Crippen molar-refractivity contribution in [2.45, 2.75) is 30.6 Å². The van der Waals surface area contributed by atoms with Crippen LogP contribution in [0.1, 0.15) is 0 Å². The van der Waals surface area contributed by atoms with Crippen molar-refractivity contribution in [1.29, 1.82) is 0 Å². The Hall–Kier alpha value is -1.69. The van der Waals surface area contributed by atoms with Crippen molar-refractivity contribution in [1.82, 2.24) is 4.90 Å². The molecular formula is C10H14F2N6O3. The first-order chi connectivity index (χ1) is 9.84. The minimum absolute atomic E-state index is 0.0893. The van der Waals surface area contributed by atoms with Gasteiger partial charge in [0, 0.05) is 0 Å². The quantitative estimate of drug-likeness (QED) is 0.413. The van der Waals surface area contributed by atoms with E-state index in [9.17, 15) is 13.9 Å². The van der Waals surface area contributed by atoms with Gasteiger partial charge in [-0.1, -0.05) is 0 Å². The Morgan fingerprint density at radius 1 is 1.48 bits per heavy atom. The summed E-state index contributed by atoms with van der Waals surface area (Å²) in [7, 11) is 0. The number of fused-ring (bicyclic) bond motifs is 1. The zero-order chi connectivity index (χ0) is 15.4. The number of aliphatic imine (C=N–C) groups is 3. The molecule has 3 heterocycles. The maximum atomic E-state index is 14.1. The zero-order valence-corrected chi connectivity index (χ0v) is 10.7. The molecule has 6 N–H and O–H groups in total. The van der Waals surface area contributed by atoms with Gasteiger partial charge in [-0.05, 0) is 0 Å². The molecule has 0 aliphatic carbocycles. The molecule has 5 atom stereocenters. The Balaban J connectivity index is 1.88. The lowest BCUT2D eigenvalue weighted by molar-refractivity contribution is -0.0615. The molecule has 0 spiro atoms. The molecule has 0 amide bonds. The van der Waals surface area contributed by atoms with E-state index in [1.54, 1.807) is 0 Å². The van der Waals surface area contributed by atoms with Crippen molar-refractivity contribution in [2.75, 3.05) is 13.3 Å². The average molecular weight is 304 g/mol. The molecule has 0 bridgehead atoms. The van der Waals surface area contributed by atoms with E-state index < -0.39 is 37.3 Å². The highest BCUT2D eigenvalue weighted by molar-refractivity contribution is 6.68. The van der Waals surface area contributed by atoms with Crippen LogP contribution in [0, 0.1) is 0 Å². The van der Waals surface area contributed by atoms with Crippen molar-refractivity contribution < 1.29 is 23.7 Å². The van der Waals surface area contributed by atoms with Crippen LogP contribution in [0.25, 0.3) is 0 Å². The zero-order valence-electron chi connectivity index (χ0n) is 10.7. The number of rotatable bonds is 2. The largest absolute Gasteiger partial charge is 0.394 e. The highest BCUT2D eigenvalue weighted by atomic mass is 19.2. The van der Waals surface area contributed by atoms with E-state index in [4.69, 9.17) is 21.3 Å².